The van der Waals surface area contributed by atoms with Gasteiger partial charge in [-0.25, -0.2) is 14.8 Å². The number of carbonyl (C=O) groups is 1. The number of amides is 2. The van der Waals surface area contributed by atoms with Gasteiger partial charge in [-0.2, -0.15) is 0 Å². The number of fused-ring (bicyclic) bond motifs is 2. The molecule has 0 atom stereocenters. The topological polar surface area (TPSA) is 74.5 Å². The monoisotopic (exact) mass is 417 g/mol. The Hall–Kier alpha value is -3.53. The first-order chi connectivity index (χ1) is 15.0. The molecule has 7 heteroatoms. The lowest BCUT2D eigenvalue weighted by Gasteiger charge is -2.26. The Morgan fingerprint density at radius 1 is 1.35 bits per heavy atom. The fourth-order valence-electron chi connectivity index (χ4n) is 4.16. The molecule has 1 N–H and O–H groups in total. The van der Waals surface area contributed by atoms with Crippen molar-refractivity contribution in [1.29, 1.82) is 0 Å². The predicted octanol–water partition coefficient (Wildman–Crippen LogP) is 4.67. The first-order valence-electron chi connectivity index (χ1n) is 10.6. The molecule has 0 bridgehead atoms. The van der Waals surface area contributed by atoms with Gasteiger partial charge in [-0.05, 0) is 37.5 Å². The van der Waals surface area contributed by atoms with Gasteiger partial charge >= 0.3 is 6.03 Å². The van der Waals surface area contributed by atoms with Crippen LogP contribution in [-0.2, 0) is 6.42 Å². The molecule has 3 aromatic rings. The molecule has 0 fully saturated rings. The molecule has 0 unspecified atom stereocenters. The highest BCUT2D eigenvalue weighted by Crippen LogP contribution is 2.34. The summed E-state index contributed by atoms with van der Waals surface area (Å²) >= 11 is 0. The SMILES string of the molecule is C#CCCN(CCC)c1ccnc2c1CCN2C(=O)Nc1cc(C)c2nc(C)oc2c1. The average Bonchev–Trinajstić information content (AvgIpc) is 3.34. The van der Waals surface area contributed by atoms with Crippen molar-refractivity contribution in [3.8, 4) is 12.3 Å². The van der Waals surface area contributed by atoms with Crippen LogP contribution in [0.1, 0.15) is 36.8 Å². The minimum absolute atomic E-state index is 0.205. The van der Waals surface area contributed by atoms with E-state index >= 15 is 0 Å². The number of oxazole rings is 1. The van der Waals surface area contributed by atoms with E-state index in [0.717, 1.165) is 48.3 Å². The molecule has 1 aromatic carbocycles. The summed E-state index contributed by atoms with van der Waals surface area (Å²) < 4.78 is 5.64. The van der Waals surface area contributed by atoms with Crippen LogP contribution in [0.25, 0.3) is 11.1 Å². The van der Waals surface area contributed by atoms with Crippen molar-refractivity contribution < 1.29 is 9.21 Å². The van der Waals surface area contributed by atoms with Crippen molar-refractivity contribution in [3.05, 3.63) is 41.4 Å². The zero-order valence-corrected chi connectivity index (χ0v) is 18.2. The number of nitrogens with one attached hydrogen (secondary N) is 1. The number of hydrogen-bond acceptors (Lipinski definition) is 5. The second-order valence-electron chi connectivity index (χ2n) is 7.78. The molecule has 160 valence electrons. The highest BCUT2D eigenvalue weighted by atomic mass is 16.3. The molecule has 31 heavy (non-hydrogen) atoms. The van der Waals surface area contributed by atoms with E-state index in [0.29, 0.717) is 35.9 Å². The number of benzene rings is 1. The van der Waals surface area contributed by atoms with Crippen molar-refractivity contribution in [2.24, 2.45) is 0 Å². The van der Waals surface area contributed by atoms with Crippen LogP contribution in [0.4, 0.5) is 22.0 Å². The number of urea groups is 1. The molecule has 2 amide bonds. The molecule has 7 nitrogen and oxygen atoms in total. The minimum atomic E-state index is -0.205. The van der Waals surface area contributed by atoms with Crippen LogP contribution in [0.2, 0.25) is 0 Å². The lowest BCUT2D eigenvalue weighted by Crippen LogP contribution is -2.34. The number of anilines is 3. The van der Waals surface area contributed by atoms with Gasteiger partial charge in [0.05, 0.1) is 0 Å². The first kappa shape index (κ1) is 20.7. The number of pyridine rings is 1. The van der Waals surface area contributed by atoms with Crippen molar-refractivity contribution >= 4 is 34.3 Å². The summed E-state index contributed by atoms with van der Waals surface area (Å²) in [5, 5.41) is 2.99. The quantitative estimate of drug-likeness (QED) is 0.590. The molecule has 0 saturated heterocycles. The second kappa shape index (κ2) is 8.68. The molecule has 1 aliphatic rings. The van der Waals surface area contributed by atoms with E-state index < -0.39 is 0 Å². The summed E-state index contributed by atoms with van der Waals surface area (Å²) in [4.78, 5) is 26.0. The van der Waals surface area contributed by atoms with Gasteiger partial charge in [0.2, 0.25) is 0 Å². The molecule has 3 heterocycles. The molecule has 4 rings (SSSR count). The van der Waals surface area contributed by atoms with E-state index in [2.05, 4.69) is 33.0 Å². The van der Waals surface area contributed by atoms with E-state index in [9.17, 15) is 4.79 Å². The summed E-state index contributed by atoms with van der Waals surface area (Å²) in [5.74, 6) is 4.04. The van der Waals surface area contributed by atoms with Crippen molar-refractivity contribution in [2.45, 2.75) is 40.0 Å². The van der Waals surface area contributed by atoms with E-state index in [1.165, 1.54) is 0 Å². The van der Waals surface area contributed by atoms with E-state index in [-0.39, 0.29) is 6.03 Å². The number of rotatable bonds is 6. The number of aryl methyl sites for hydroxylation is 2. The smallest absolute Gasteiger partial charge is 0.327 e. The summed E-state index contributed by atoms with van der Waals surface area (Å²) in [5.41, 5.74) is 5.33. The van der Waals surface area contributed by atoms with Gasteiger partial charge in [0.1, 0.15) is 11.3 Å². The summed E-state index contributed by atoms with van der Waals surface area (Å²) in [6, 6.07) is 5.54. The van der Waals surface area contributed by atoms with Crippen LogP contribution in [0.5, 0.6) is 0 Å². The van der Waals surface area contributed by atoms with Crippen LogP contribution < -0.4 is 15.1 Å². The van der Waals surface area contributed by atoms with Crippen LogP contribution in [0.15, 0.2) is 28.8 Å². The van der Waals surface area contributed by atoms with Crippen molar-refractivity contribution in [3.63, 3.8) is 0 Å². The Bertz CT molecular complexity index is 1160. The maximum absolute atomic E-state index is 13.1. The van der Waals surface area contributed by atoms with Gasteiger partial charge in [-0.3, -0.25) is 4.90 Å². The largest absolute Gasteiger partial charge is 0.441 e. The van der Waals surface area contributed by atoms with Gasteiger partial charge in [0.15, 0.2) is 11.5 Å². The summed E-state index contributed by atoms with van der Waals surface area (Å²) in [7, 11) is 0. The van der Waals surface area contributed by atoms with Crippen molar-refractivity contribution in [2.75, 3.05) is 34.8 Å². The number of terminal acetylenes is 1. The lowest BCUT2D eigenvalue weighted by molar-refractivity contribution is 0.257. The molecular weight excluding hydrogens is 390 g/mol. The number of carbonyl (C=O) groups excluding carboxylic acids is 1. The van der Waals surface area contributed by atoms with Gasteiger partial charge in [-0.15, -0.1) is 12.3 Å². The van der Waals surface area contributed by atoms with Gasteiger partial charge in [0.25, 0.3) is 0 Å². The fraction of sp³-hybridized carbons (Fsp3) is 0.375. The number of hydrogen-bond donors (Lipinski definition) is 1. The maximum Gasteiger partial charge on any atom is 0.327 e. The van der Waals surface area contributed by atoms with Crippen molar-refractivity contribution in [1.82, 2.24) is 9.97 Å². The van der Waals surface area contributed by atoms with Crippen LogP contribution in [-0.4, -0.2) is 35.6 Å². The predicted molar refractivity (Wildman–Crippen MR) is 124 cm³/mol. The third kappa shape index (κ3) is 4.06. The van der Waals surface area contributed by atoms with Gasteiger partial charge < -0.3 is 14.6 Å². The first-order valence-corrected chi connectivity index (χ1v) is 10.6. The standard InChI is InChI=1S/C24H27N5O2/c1-5-7-12-28(11-6-2)20-8-10-25-23-19(20)9-13-29(23)24(30)27-18-14-16(3)22-21(15-18)31-17(4)26-22/h1,8,10,14-15H,6-7,9,11-13H2,2-4H3,(H,27,30). The second-order valence-corrected chi connectivity index (χ2v) is 7.78. The fourth-order valence-corrected chi connectivity index (χ4v) is 4.16. The van der Waals surface area contributed by atoms with Crippen LogP contribution in [0, 0.1) is 26.2 Å². The Balaban J connectivity index is 1.58. The molecule has 0 saturated carbocycles. The average molecular weight is 418 g/mol. The third-order valence-corrected chi connectivity index (χ3v) is 5.50. The Kier molecular flexibility index (Phi) is 5.81. The van der Waals surface area contributed by atoms with Crippen LogP contribution >= 0.6 is 0 Å². The van der Waals surface area contributed by atoms with Crippen LogP contribution in [0.3, 0.4) is 0 Å². The molecule has 0 radical (unpaired) electrons. The number of aromatic nitrogens is 2. The van der Waals surface area contributed by atoms with Gasteiger partial charge in [0, 0.05) is 62.2 Å². The molecule has 0 aliphatic carbocycles. The highest BCUT2D eigenvalue weighted by Gasteiger charge is 2.29. The Labute approximate surface area is 182 Å². The van der Waals surface area contributed by atoms with E-state index in [1.807, 2.05) is 32.0 Å². The Morgan fingerprint density at radius 3 is 2.97 bits per heavy atom. The highest BCUT2D eigenvalue weighted by molar-refractivity contribution is 6.03. The lowest BCUT2D eigenvalue weighted by atomic mass is 10.1. The minimum Gasteiger partial charge on any atom is -0.441 e. The molecule has 0 spiro atoms. The van der Waals surface area contributed by atoms with E-state index in [4.69, 9.17) is 10.8 Å². The third-order valence-electron chi connectivity index (χ3n) is 5.50. The normalized spacial score (nSPS) is 12.6. The summed E-state index contributed by atoms with van der Waals surface area (Å²) in [6.07, 6.45) is 9.73. The van der Waals surface area contributed by atoms with Gasteiger partial charge in [-0.1, -0.05) is 6.92 Å². The van der Waals surface area contributed by atoms with E-state index in [1.54, 1.807) is 11.1 Å². The zero-order valence-electron chi connectivity index (χ0n) is 18.2. The zero-order chi connectivity index (χ0) is 22.0. The molecule has 1 aliphatic heterocycles. The molecular formula is C24H27N5O2. The Morgan fingerprint density at radius 2 is 2.19 bits per heavy atom. The number of nitrogens with zero attached hydrogens (tertiary/aromatic N) is 4. The molecule has 2 aromatic heterocycles. The maximum atomic E-state index is 13.1. The summed E-state index contributed by atoms with van der Waals surface area (Å²) in [6.45, 7) is 8.22.